The summed E-state index contributed by atoms with van der Waals surface area (Å²) in [7, 11) is 0. The lowest BCUT2D eigenvalue weighted by Gasteiger charge is -2.11. The number of aromatic amines is 1. The van der Waals surface area contributed by atoms with Crippen LogP contribution in [0, 0.1) is 0 Å². The minimum Gasteiger partial charge on any atom is -0.494 e. The smallest absolute Gasteiger partial charge is 0.128 e. The third kappa shape index (κ3) is 10.0. The van der Waals surface area contributed by atoms with Gasteiger partial charge in [0.15, 0.2) is 0 Å². The number of aliphatic hydroxyl groups excluding tert-OH is 4. The van der Waals surface area contributed by atoms with E-state index in [-0.39, 0.29) is 17.1 Å². The maximum absolute atomic E-state index is 11.4. The largest absolute Gasteiger partial charge is 0.494 e. The Labute approximate surface area is 340 Å². The van der Waals surface area contributed by atoms with Gasteiger partial charge in [-0.2, -0.15) is 0 Å². The highest BCUT2D eigenvalue weighted by molar-refractivity contribution is 7.24. The first kappa shape index (κ1) is 40.8. The third-order valence-electron chi connectivity index (χ3n) is 11.2. The molecule has 4 unspecified atom stereocenters. The summed E-state index contributed by atoms with van der Waals surface area (Å²) in [6, 6.07) is 29.2. The van der Waals surface area contributed by atoms with E-state index in [1.807, 2.05) is 60.7 Å². The fourth-order valence-corrected chi connectivity index (χ4v) is 9.12. The molecule has 8 nitrogen and oxygen atoms in total. The molecule has 7 rings (SSSR count). The number of unbranched alkanes of at least 4 members (excludes halogenated alkanes) is 13. The number of fused-ring (bicyclic) bond motifs is 8. The molecule has 2 aliphatic heterocycles. The van der Waals surface area contributed by atoms with Crippen molar-refractivity contribution in [1.82, 2.24) is 15.0 Å². The highest BCUT2D eigenvalue weighted by Gasteiger charge is 2.34. The van der Waals surface area contributed by atoms with Gasteiger partial charge in [0.05, 0.1) is 29.4 Å². The number of nitrogens with zero attached hydrogens (tertiary/aromatic N) is 2. The predicted molar refractivity (Wildman–Crippen MR) is 231 cm³/mol. The number of rotatable bonds is 18. The first-order valence-corrected chi connectivity index (χ1v) is 21.9. The number of thiophene rings is 1. The van der Waals surface area contributed by atoms with Gasteiger partial charge in [0.25, 0.3) is 0 Å². The number of benzene rings is 2. The normalized spacial score (nSPS) is 17.9. The SMILES string of the molecule is CCCCCCCCCCCCCCCCOc1ccc(-c2c3ccc(cc4nc(cc5nc(c(-c6ccccc6)c6ccc2s6)C(O)C5O)C(O)C4O)[nH]3)cc1. The van der Waals surface area contributed by atoms with Crippen LogP contribution in [0.4, 0.5) is 0 Å². The standard InChI is InChI=1S/C48H57N3O5S/c1-2-3-4-5-6-7-8-9-10-11-12-13-14-18-29-56-35-24-21-33(22-25-35)42-36-26-23-34(49-36)30-37-45(52)46(53)38(50-37)31-39-47(54)48(55)44(51-39)43(32-19-16-15-17-20-32)41-28-27-40(42)57-41/h15-17,19-28,30-31,45-49,52-55H,2-14,18,29H2,1H3. The van der Waals surface area contributed by atoms with Crippen LogP contribution in [-0.4, -0.2) is 42.0 Å². The van der Waals surface area contributed by atoms with Crippen LogP contribution in [0.3, 0.4) is 0 Å². The molecule has 9 heteroatoms. The van der Waals surface area contributed by atoms with E-state index in [1.165, 1.54) is 89.5 Å². The molecule has 57 heavy (non-hydrogen) atoms. The Morgan fingerprint density at radius 3 is 1.74 bits per heavy atom. The highest BCUT2D eigenvalue weighted by atomic mass is 32.1. The number of ether oxygens (including phenoxy) is 1. The summed E-state index contributed by atoms with van der Waals surface area (Å²) in [4.78, 5) is 12.8. The summed E-state index contributed by atoms with van der Waals surface area (Å²) < 4.78 is 8.05. The van der Waals surface area contributed by atoms with Gasteiger partial charge in [-0.3, -0.25) is 9.97 Å². The molecule has 8 bridgehead atoms. The van der Waals surface area contributed by atoms with Crippen molar-refractivity contribution in [3.8, 4) is 28.0 Å². The second-order valence-corrected chi connectivity index (χ2v) is 16.6. The van der Waals surface area contributed by atoms with Gasteiger partial charge in [-0.15, -0.1) is 11.3 Å². The highest BCUT2D eigenvalue weighted by Crippen LogP contribution is 2.43. The summed E-state index contributed by atoms with van der Waals surface area (Å²) in [5.41, 5.74) is 6.05. The lowest BCUT2D eigenvalue weighted by Crippen LogP contribution is -2.05. The number of hydrogen-bond acceptors (Lipinski definition) is 8. The van der Waals surface area contributed by atoms with Crippen LogP contribution >= 0.6 is 11.3 Å². The molecule has 0 aliphatic carbocycles. The summed E-state index contributed by atoms with van der Waals surface area (Å²) in [6.45, 7) is 2.97. The summed E-state index contributed by atoms with van der Waals surface area (Å²) in [6.07, 6.45) is 13.4. The van der Waals surface area contributed by atoms with Crippen molar-refractivity contribution >= 4 is 31.8 Å². The van der Waals surface area contributed by atoms with Crippen LogP contribution < -0.4 is 4.74 Å². The fraction of sp³-hybridized carbons (Fsp3) is 0.417. The fourth-order valence-electron chi connectivity index (χ4n) is 7.96. The molecule has 0 fully saturated rings. The first-order chi connectivity index (χ1) is 27.9. The average molecular weight is 788 g/mol. The van der Waals surface area contributed by atoms with Crippen LogP contribution in [0.25, 0.3) is 42.7 Å². The van der Waals surface area contributed by atoms with Crippen molar-refractivity contribution in [2.45, 2.75) is 121 Å². The second kappa shape index (κ2) is 19.9. The molecule has 2 aromatic carbocycles. The van der Waals surface area contributed by atoms with Gasteiger partial charge in [-0.25, -0.2) is 0 Å². The maximum Gasteiger partial charge on any atom is 0.128 e. The lowest BCUT2D eigenvalue weighted by molar-refractivity contribution is 0.0220. The third-order valence-corrected chi connectivity index (χ3v) is 12.3. The van der Waals surface area contributed by atoms with Crippen LogP contribution in [0.2, 0.25) is 0 Å². The zero-order valence-corrected chi connectivity index (χ0v) is 33.9. The van der Waals surface area contributed by atoms with Gasteiger partial charge >= 0.3 is 0 Å². The van der Waals surface area contributed by atoms with Crippen LogP contribution in [0.1, 0.15) is 144 Å². The van der Waals surface area contributed by atoms with Crippen LogP contribution in [0.15, 0.2) is 91.0 Å². The molecule has 0 saturated heterocycles. The molecular formula is C48H57N3O5S. The minimum atomic E-state index is -1.34. The van der Waals surface area contributed by atoms with Gasteiger partial charge in [-0.1, -0.05) is 133 Å². The Kier molecular flexibility index (Phi) is 14.2. The van der Waals surface area contributed by atoms with E-state index in [1.54, 1.807) is 17.4 Å². The zero-order valence-electron chi connectivity index (χ0n) is 33.1. The Balaban J connectivity index is 1.11. The molecule has 0 radical (unpaired) electrons. The molecule has 3 aromatic heterocycles. The molecule has 5 aromatic rings. The van der Waals surface area contributed by atoms with E-state index in [4.69, 9.17) is 9.72 Å². The van der Waals surface area contributed by atoms with E-state index in [0.717, 1.165) is 43.8 Å². The van der Waals surface area contributed by atoms with Crippen molar-refractivity contribution in [2.75, 3.05) is 6.61 Å². The molecule has 0 spiro atoms. The minimum absolute atomic E-state index is 0.164. The van der Waals surface area contributed by atoms with Gasteiger partial charge in [0, 0.05) is 31.6 Å². The Morgan fingerprint density at radius 2 is 1.09 bits per heavy atom. The molecule has 4 atom stereocenters. The zero-order chi connectivity index (χ0) is 39.6. The second-order valence-electron chi connectivity index (χ2n) is 15.5. The quantitative estimate of drug-likeness (QED) is 0.0559. The molecular weight excluding hydrogens is 731 g/mol. The van der Waals surface area contributed by atoms with Gasteiger partial charge in [0.1, 0.15) is 30.2 Å². The number of aromatic nitrogens is 3. The molecule has 2 aliphatic rings. The number of H-pyrrole nitrogens is 1. The Hall–Kier alpha value is -4.38. The first-order valence-electron chi connectivity index (χ1n) is 21.1. The van der Waals surface area contributed by atoms with Crippen molar-refractivity contribution in [3.63, 3.8) is 0 Å². The van der Waals surface area contributed by atoms with E-state index in [0.29, 0.717) is 23.4 Å². The lowest BCUT2D eigenvalue weighted by atomic mass is 10.0. The molecule has 5 N–H and O–H groups in total. The van der Waals surface area contributed by atoms with Gasteiger partial charge < -0.3 is 30.1 Å². The summed E-state index contributed by atoms with van der Waals surface area (Å²) >= 11 is 1.58. The van der Waals surface area contributed by atoms with Crippen molar-refractivity contribution < 1.29 is 25.2 Å². The van der Waals surface area contributed by atoms with E-state index in [2.05, 4.69) is 35.1 Å². The average Bonchev–Trinajstić information content (AvgIpc) is 4.01. The number of hydrogen-bond donors (Lipinski definition) is 5. The molecule has 5 heterocycles. The van der Waals surface area contributed by atoms with Gasteiger partial charge in [0.2, 0.25) is 0 Å². The van der Waals surface area contributed by atoms with Crippen LogP contribution in [-0.2, 0) is 0 Å². The van der Waals surface area contributed by atoms with Gasteiger partial charge in [-0.05, 0) is 66.1 Å². The van der Waals surface area contributed by atoms with E-state index in [9.17, 15) is 20.4 Å². The van der Waals surface area contributed by atoms with Crippen molar-refractivity contribution in [2.24, 2.45) is 0 Å². The molecule has 0 amide bonds. The predicted octanol–water partition coefficient (Wildman–Crippen LogP) is 11.8. The topological polar surface area (TPSA) is 132 Å². The molecule has 300 valence electrons. The Bertz CT molecular complexity index is 2220. The maximum atomic E-state index is 11.4. The Morgan fingerprint density at radius 1 is 0.544 bits per heavy atom. The summed E-state index contributed by atoms with van der Waals surface area (Å²) in [5.74, 6) is 0.837. The van der Waals surface area contributed by atoms with Crippen molar-refractivity contribution in [3.05, 3.63) is 114 Å². The molecule has 0 saturated carbocycles. The van der Waals surface area contributed by atoms with Crippen molar-refractivity contribution in [1.29, 1.82) is 0 Å². The van der Waals surface area contributed by atoms with E-state index < -0.39 is 24.4 Å². The van der Waals surface area contributed by atoms with E-state index >= 15 is 0 Å². The number of aliphatic hydroxyl groups is 4. The van der Waals surface area contributed by atoms with Crippen LogP contribution in [0.5, 0.6) is 5.75 Å². The monoisotopic (exact) mass is 787 g/mol. The number of nitrogens with one attached hydrogen (secondary N) is 1. The summed E-state index contributed by atoms with van der Waals surface area (Å²) in [5, 5.41) is 44.5.